The Hall–Kier alpha value is -2.78. The van der Waals surface area contributed by atoms with Crippen LogP contribution in [0.4, 0.5) is 9.39 Å². The summed E-state index contributed by atoms with van der Waals surface area (Å²) < 4.78 is 13.9. The lowest BCUT2D eigenvalue weighted by molar-refractivity contribution is 0.0967. The van der Waals surface area contributed by atoms with Crippen molar-refractivity contribution in [3.05, 3.63) is 47.3 Å². The molecule has 3 rings (SSSR count). The van der Waals surface area contributed by atoms with Gasteiger partial charge in [-0.3, -0.25) is 14.8 Å². The SMILES string of the molecule is C=N/C=C\C(=C(/C)NC(=O)c1c(N)sc2cc(F)cnc12)N1CCC[C@H](N)C1. The number of rotatable bonds is 5. The molecule has 9 heteroatoms. The number of nitrogens with one attached hydrogen (secondary N) is 1. The number of anilines is 1. The van der Waals surface area contributed by atoms with Crippen molar-refractivity contribution in [2.75, 3.05) is 18.8 Å². The van der Waals surface area contributed by atoms with Crippen molar-refractivity contribution >= 4 is 39.2 Å². The number of fused-ring (bicyclic) bond motifs is 1. The Morgan fingerprint density at radius 2 is 2.36 bits per heavy atom. The van der Waals surface area contributed by atoms with E-state index in [0.29, 0.717) is 27.5 Å². The topological polar surface area (TPSA) is 110 Å². The zero-order valence-corrected chi connectivity index (χ0v) is 16.4. The predicted octanol–water partition coefficient (Wildman–Crippen LogP) is 2.62. The van der Waals surface area contributed by atoms with E-state index in [2.05, 4.69) is 26.9 Å². The van der Waals surface area contributed by atoms with Crippen LogP contribution in [0.3, 0.4) is 0 Å². The molecule has 1 saturated heterocycles. The molecule has 1 amide bonds. The maximum atomic E-state index is 13.4. The molecule has 0 aliphatic carbocycles. The van der Waals surface area contributed by atoms with E-state index < -0.39 is 5.82 Å². The largest absolute Gasteiger partial charge is 0.390 e. The number of thiophene rings is 1. The van der Waals surface area contributed by atoms with Gasteiger partial charge in [-0.1, -0.05) is 0 Å². The van der Waals surface area contributed by atoms with E-state index in [1.54, 1.807) is 19.2 Å². The highest BCUT2D eigenvalue weighted by atomic mass is 32.1. The standard InChI is InChI=1S/C19H23FN6OS/c1-11(14(5-6-23-2)26-7-3-4-13(21)10-26)25-19(27)16-17-15(28-18(16)22)8-12(20)9-24-17/h5-6,8-9,13H,2-4,7,10,21-22H2,1H3,(H,25,27)/b6-5-,14-11-/t13-/m0/s1. The number of carbonyl (C=O) groups excluding carboxylic acids is 1. The van der Waals surface area contributed by atoms with Gasteiger partial charge >= 0.3 is 0 Å². The van der Waals surface area contributed by atoms with Crippen molar-refractivity contribution in [2.45, 2.75) is 25.8 Å². The molecular weight excluding hydrogens is 379 g/mol. The van der Waals surface area contributed by atoms with Gasteiger partial charge in [0.05, 0.1) is 22.1 Å². The number of nitrogens with two attached hydrogens (primary N) is 2. The summed E-state index contributed by atoms with van der Waals surface area (Å²) in [6.07, 6.45) is 6.39. The zero-order chi connectivity index (χ0) is 20.3. The number of piperidine rings is 1. The lowest BCUT2D eigenvalue weighted by Gasteiger charge is -2.34. The van der Waals surface area contributed by atoms with Crippen LogP contribution in [0.15, 0.2) is 40.9 Å². The summed E-state index contributed by atoms with van der Waals surface area (Å²) >= 11 is 1.13. The van der Waals surface area contributed by atoms with E-state index in [4.69, 9.17) is 11.5 Å². The number of nitrogens with zero attached hydrogens (tertiary/aromatic N) is 3. The first-order valence-electron chi connectivity index (χ1n) is 8.89. The van der Waals surface area contributed by atoms with E-state index in [9.17, 15) is 9.18 Å². The van der Waals surface area contributed by atoms with Gasteiger partial charge in [-0.25, -0.2) is 4.39 Å². The van der Waals surface area contributed by atoms with Gasteiger partial charge in [-0.05, 0) is 38.6 Å². The second kappa shape index (κ2) is 8.49. The van der Waals surface area contributed by atoms with Gasteiger partial charge in [0.15, 0.2) is 0 Å². The number of nitrogen functional groups attached to an aromatic ring is 1. The quantitative estimate of drug-likeness (QED) is 0.526. The summed E-state index contributed by atoms with van der Waals surface area (Å²) in [4.78, 5) is 22.8. The summed E-state index contributed by atoms with van der Waals surface area (Å²) in [5.41, 5.74) is 14.2. The fourth-order valence-corrected chi connectivity index (χ4v) is 4.26. The molecule has 3 heterocycles. The number of allylic oxidation sites excluding steroid dienone is 2. The Balaban J connectivity index is 1.93. The van der Waals surface area contributed by atoms with Gasteiger partial charge in [-0.2, -0.15) is 0 Å². The van der Waals surface area contributed by atoms with Crippen molar-refractivity contribution in [1.82, 2.24) is 15.2 Å². The highest BCUT2D eigenvalue weighted by Gasteiger charge is 2.22. The maximum absolute atomic E-state index is 13.4. The van der Waals surface area contributed by atoms with Crippen LogP contribution in [0, 0.1) is 5.82 Å². The molecule has 0 saturated carbocycles. The van der Waals surface area contributed by atoms with E-state index >= 15 is 0 Å². The molecule has 2 aromatic rings. The molecular formula is C19H23FN6OS. The highest BCUT2D eigenvalue weighted by molar-refractivity contribution is 7.23. The molecule has 5 N–H and O–H groups in total. The number of pyridine rings is 1. The Morgan fingerprint density at radius 3 is 3.07 bits per heavy atom. The number of aliphatic imine (C=N–C) groups is 1. The number of halogens is 1. The Labute approximate surface area is 166 Å². The molecule has 0 aromatic carbocycles. The van der Waals surface area contributed by atoms with Gasteiger partial charge < -0.3 is 21.7 Å². The second-order valence-electron chi connectivity index (χ2n) is 6.65. The summed E-state index contributed by atoms with van der Waals surface area (Å²) in [5.74, 6) is -0.860. The molecule has 2 aromatic heterocycles. The average molecular weight is 402 g/mol. The molecule has 1 aliphatic heterocycles. The normalized spacial score (nSPS) is 18.4. The van der Waals surface area contributed by atoms with Crippen molar-refractivity contribution in [2.24, 2.45) is 10.7 Å². The third kappa shape index (κ3) is 4.20. The van der Waals surface area contributed by atoms with Crippen molar-refractivity contribution in [3.8, 4) is 0 Å². The van der Waals surface area contributed by atoms with Crippen LogP contribution in [0.2, 0.25) is 0 Å². The minimum absolute atomic E-state index is 0.0768. The predicted molar refractivity (Wildman–Crippen MR) is 112 cm³/mol. The van der Waals surface area contributed by atoms with E-state index in [1.165, 1.54) is 6.07 Å². The number of likely N-dealkylation sites (tertiary alicyclic amines) is 1. The molecule has 148 valence electrons. The van der Waals surface area contributed by atoms with Crippen molar-refractivity contribution in [1.29, 1.82) is 0 Å². The van der Waals surface area contributed by atoms with Gasteiger partial charge in [0, 0.05) is 31.0 Å². The van der Waals surface area contributed by atoms with Crippen LogP contribution in [0.25, 0.3) is 10.2 Å². The number of hydrogen-bond donors (Lipinski definition) is 3. The minimum atomic E-state index is -0.470. The van der Waals surface area contributed by atoms with Gasteiger partial charge in [0.2, 0.25) is 0 Å². The zero-order valence-electron chi connectivity index (χ0n) is 15.6. The summed E-state index contributed by atoms with van der Waals surface area (Å²) in [6.45, 7) is 6.79. The van der Waals surface area contributed by atoms with Crippen LogP contribution < -0.4 is 16.8 Å². The summed E-state index contributed by atoms with van der Waals surface area (Å²) in [7, 11) is 0. The Kier molecular flexibility index (Phi) is 6.05. The number of carbonyl (C=O) groups is 1. The highest BCUT2D eigenvalue weighted by Crippen LogP contribution is 2.32. The first kappa shape index (κ1) is 20.0. The molecule has 28 heavy (non-hydrogen) atoms. The molecule has 1 aliphatic rings. The monoisotopic (exact) mass is 402 g/mol. The lowest BCUT2D eigenvalue weighted by atomic mass is 10.1. The Bertz CT molecular complexity index is 967. The summed E-state index contributed by atoms with van der Waals surface area (Å²) in [5, 5.41) is 3.18. The van der Waals surface area contributed by atoms with Crippen LogP contribution in [0.1, 0.15) is 30.1 Å². The van der Waals surface area contributed by atoms with Crippen LogP contribution >= 0.6 is 11.3 Å². The number of aromatic nitrogens is 1. The third-order valence-electron chi connectivity index (χ3n) is 4.57. The van der Waals surface area contributed by atoms with E-state index in [0.717, 1.165) is 42.6 Å². The minimum Gasteiger partial charge on any atom is -0.390 e. The maximum Gasteiger partial charge on any atom is 0.260 e. The van der Waals surface area contributed by atoms with Crippen LogP contribution in [-0.2, 0) is 0 Å². The molecule has 7 nitrogen and oxygen atoms in total. The van der Waals surface area contributed by atoms with Gasteiger partial charge in [0.1, 0.15) is 16.4 Å². The van der Waals surface area contributed by atoms with Gasteiger partial charge in [-0.15, -0.1) is 11.3 Å². The fraction of sp³-hybridized carbons (Fsp3) is 0.316. The molecule has 1 atom stereocenters. The second-order valence-corrected chi connectivity index (χ2v) is 7.74. The molecule has 0 spiro atoms. The lowest BCUT2D eigenvalue weighted by Crippen LogP contribution is -2.43. The first-order valence-corrected chi connectivity index (χ1v) is 9.71. The van der Waals surface area contributed by atoms with E-state index in [1.807, 2.05) is 0 Å². The molecule has 1 fully saturated rings. The third-order valence-corrected chi connectivity index (χ3v) is 5.53. The van der Waals surface area contributed by atoms with Crippen molar-refractivity contribution in [3.63, 3.8) is 0 Å². The smallest absolute Gasteiger partial charge is 0.260 e. The van der Waals surface area contributed by atoms with Crippen molar-refractivity contribution < 1.29 is 9.18 Å². The van der Waals surface area contributed by atoms with Crippen LogP contribution in [-0.4, -0.2) is 41.6 Å². The van der Waals surface area contributed by atoms with Gasteiger partial charge in [0.25, 0.3) is 5.91 Å². The molecule has 0 radical (unpaired) electrons. The summed E-state index contributed by atoms with van der Waals surface area (Å²) in [6, 6.07) is 1.40. The molecule has 0 unspecified atom stereocenters. The number of amides is 1. The van der Waals surface area contributed by atoms with Crippen LogP contribution in [0.5, 0.6) is 0 Å². The number of hydrogen-bond acceptors (Lipinski definition) is 7. The average Bonchev–Trinajstić information content (AvgIpc) is 2.97. The Morgan fingerprint density at radius 1 is 1.57 bits per heavy atom. The molecule has 0 bridgehead atoms. The first-order chi connectivity index (χ1) is 13.4. The van der Waals surface area contributed by atoms with E-state index in [-0.39, 0.29) is 17.5 Å². The fourth-order valence-electron chi connectivity index (χ4n) is 3.31.